The summed E-state index contributed by atoms with van der Waals surface area (Å²) < 4.78 is 27.4. The van der Waals surface area contributed by atoms with Gasteiger partial charge in [0.2, 0.25) is 5.43 Å². The van der Waals surface area contributed by atoms with E-state index in [9.17, 15) is 18.0 Å². The van der Waals surface area contributed by atoms with Crippen LogP contribution in [0.25, 0.3) is 10.9 Å². The Bertz CT molecular complexity index is 1260. The summed E-state index contributed by atoms with van der Waals surface area (Å²) in [5.41, 5.74) is 1.34. The van der Waals surface area contributed by atoms with E-state index in [0.717, 1.165) is 12.0 Å². The Morgan fingerprint density at radius 2 is 1.93 bits per heavy atom. The molecule has 1 atom stereocenters. The first-order valence-electron chi connectivity index (χ1n) is 9.67. The van der Waals surface area contributed by atoms with Gasteiger partial charge in [-0.15, -0.1) is 0 Å². The average molecular weight is 428 g/mol. The number of hydrogen-bond acceptors (Lipinski definition) is 4. The van der Waals surface area contributed by atoms with Gasteiger partial charge >= 0.3 is 0 Å². The summed E-state index contributed by atoms with van der Waals surface area (Å²) in [5.74, 6) is -0.488. The summed E-state index contributed by atoms with van der Waals surface area (Å²) >= 11 is 0. The topological polar surface area (TPSA) is 99.3 Å². The van der Waals surface area contributed by atoms with E-state index in [4.69, 9.17) is 0 Å². The monoisotopic (exact) mass is 427 g/mol. The van der Waals surface area contributed by atoms with Gasteiger partial charge in [0.25, 0.3) is 15.9 Å². The van der Waals surface area contributed by atoms with Crippen LogP contribution in [0.4, 0.5) is 5.69 Å². The van der Waals surface area contributed by atoms with Crippen LogP contribution in [-0.2, 0) is 10.0 Å². The lowest BCUT2D eigenvalue weighted by Crippen LogP contribution is -2.35. The third-order valence-corrected chi connectivity index (χ3v) is 6.89. The number of pyridine rings is 1. The van der Waals surface area contributed by atoms with E-state index in [2.05, 4.69) is 10.3 Å². The molecule has 1 heterocycles. The minimum atomic E-state index is -3.89. The SMILES string of the molecule is CCC(C)NC(=O)c1c[nH]c2ccc(S(=O)(=O)N(C)c3cccc(C)c3)cc2c1=O. The number of sulfonamides is 1. The van der Waals surface area contributed by atoms with Crippen molar-refractivity contribution in [1.82, 2.24) is 10.3 Å². The van der Waals surface area contributed by atoms with E-state index >= 15 is 0 Å². The lowest BCUT2D eigenvalue weighted by Gasteiger charge is -2.20. The van der Waals surface area contributed by atoms with Gasteiger partial charge in [-0.1, -0.05) is 19.1 Å². The molecule has 3 rings (SSSR count). The molecule has 3 aromatic rings. The highest BCUT2D eigenvalue weighted by Gasteiger charge is 2.23. The fraction of sp³-hybridized carbons (Fsp3) is 0.273. The second-order valence-corrected chi connectivity index (χ2v) is 9.30. The maximum absolute atomic E-state index is 13.1. The van der Waals surface area contributed by atoms with Crippen LogP contribution < -0.4 is 15.1 Å². The summed E-state index contributed by atoms with van der Waals surface area (Å²) in [6.45, 7) is 5.65. The number of rotatable bonds is 6. The summed E-state index contributed by atoms with van der Waals surface area (Å²) in [6.07, 6.45) is 2.08. The first-order chi connectivity index (χ1) is 14.1. The Morgan fingerprint density at radius 3 is 2.60 bits per heavy atom. The Hall–Kier alpha value is -3.13. The zero-order valence-electron chi connectivity index (χ0n) is 17.4. The van der Waals surface area contributed by atoms with Crippen LogP contribution in [0.15, 0.2) is 58.4 Å². The highest BCUT2D eigenvalue weighted by atomic mass is 32.2. The average Bonchev–Trinajstić information content (AvgIpc) is 2.73. The minimum Gasteiger partial charge on any atom is -0.360 e. The van der Waals surface area contributed by atoms with Gasteiger partial charge in [0.1, 0.15) is 5.56 Å². The Balaban J connectivity index is 2.06. The van der Waals surface area contributed by atoms with Gasteiger partial charge in [-0.25, -0.2) is 8.42 Å². The fourth-order valence-corrected chi connectivity index (χ4v) is 4.27. The van der Waals surface area contributed by atoms with Crippen LogP contribution in [0.3, 0.4) is 0 Å². The van der Waals surface area contributed by atoms with Crippen molar-refractivity contribution in [2.45, 2.75) is 38.1 Å². The summed E-state index contributed by atoms with van der Waals surface area (Å²) in [4.78, 5) is 28.2. The Labute approximate surface area is 175 Å². The third kappa shape index (κ3) is 4.09. The van der Waals surface area contributed by atoms with E-state index in [1.54, 1.807) is 18.2 Å². The molecule has 7 nitrogen and oxygen atoms in total. The second kappa shape index (κ2) is 8.31. The van der Waals surface area contributed by atoms with E-state index in [1.807, 2.05) is 26.8 Å². The number of benzene rings is 2. The molecule has 0 radical (unpaired) electrons. The van der Waals surface area contributed by atoms with Gasteiger partial charge in [0.15, 0.2) is 0 Å². The van der Waals surface area contributed by atoms with Crippen molar-refractivity contribution in [2.75, 3.05) is 11.4 Å². The predicted octanol–water partition coefficient (Wildman–Crippen LogP) is 3.19. The highest BCUT2D eigenvalue weighted by molar-refractivity contribution is 7.92. The van der Waals surface area contributed by atoms with E-state index < -0.39 is 21.4 Å². The van der Waals surface area contributed by atoms with Crippen LogP contribution in [0.5, 0.6) is 0 Å². The standard InChI is InChI=1S/C22H25N3O4S/c1-5-15(3)24-22(27)19-13-23-20-10-9-17(12-18(20)21(19)26)30(28,29)25(4)16-8-6-7-14(2)11-16/h6-13,15H,5H2,1-4H3,(H,23,26)(H,24,27). The maximum atomic E-state index is 13.1. The molecule has 0 fully saturated rings. The van der Waals surface area contributed by atoms with Crippen LogP contribution in [-0.4, -0.2) is 32.4 Å². The molecule has 0 saturated carbocycles. The minimum absolute atomic E-state index is 0.0241. The van der Waals surface area contributed by atoms with Crippen LogP contribution in [0.2, 0.25) is 0 Å². The molecule has 2 N–H and O–H groups in total. The van der Waals surface area contributed by atoms with Gasteiger partial charge in [0.05, 0.1) is 10.6 Å². The number of aromatic nitrogens is 1. The van der Waals surface area contributed by atoms with Crippen molar-refractivity contribution in [1.29, 1.82) is 0 Å². The number of carbonyl (C=O) groups is 1. The summed E-state index contributed by atoms with van der Waals surface area (Å²) in [7, 11) is -2.43. The van der Waals surface area contributed by atoms with Gasteiger partial charge in [0, 0.05) is 30.2 Å². The third-order valence-electron chi connectivity index (χ3n) is 5.11. The number of fused-ring (bicyclic) bond motifs is 1. The largest absolute Gasteiger partial charge is 0.360 e. The first kappa shape index (κ1) is 21.6. The molecule has 0 aliphatic carbocycles. The van der Waals surface area contributed by atoms with Crippen molar-refractivity contribution >= 4 is 32.5 Å². The number of aromatic amines is 1. The van der Waals surface area contributed by atoms with Crippen LogP contribution in [0, 0.1) is 6.92 Å². The molecule has 1 amide bonds. The Kier molecular flexibility index (Phi) is 5.98. The molecule has 158 valence electrons. The molecule has 8 heteroatoms. The zero-order valence-corrected chi connectivity index (χ0v) is 18.2. The van der Waals surface area contributed by atoms with Gasteiger partial charge in [-0.2, -0.15) is 0 Å². The van der Waals surface area contributed by atoms with E-state index in [1.165, 1.54) is 35.7 Å². The van der Waals surface area contributed by atoms with Gasteiger partial charge in [-0.3, -0.25) is 13.9 Å². The molecule has 0 bridgehead atoms. The molecule has 0 saturated heterocycles. The number of anilines is 1. The summed E-state index contributed by atoms with van der Waals surface area (Å²) in [5, 5.41) is 2.90. The molecular formula is C22H25N3O4S. The second-order valence-electron chi connectivity index (χ2n) is 7.33. The lowest BCUT2D eigenvalue weighted by atomic mass is 10.1. The smallest absolute Gasteiger partial charge is 0.264 e. The van der Waals surface area contributed by atoms with Gasteiger partial charge < -0.3 is 10.3 Å². The first-order valence-corrected chi connectivity index (χ1v) is 11.1. The number of hydrogen-bond donors (Lipinski definition) is 2. The molecule has 0 aliphatic rings. The van der Waals surface area contributed by atoms with Crippen molar-refractivity contribution in [3.8, 4) is 0 Å². The lowest BCUT2D eigenvalue weighted by molar-refractivity contribution is 0.0938. The number of nitrogens with one attached hydrogen (secondary N) is 2. The molecule has 1 unspecified atom stereocenters. The Morgan fingerprint density at radius 1 is 1.20 bits per heavy atom. The quantitative estimate of drug-likeness (QED) is 0.631. The molecule has 30 heavy (non-hydrogen) atoms. The molecule has 0 aliphatic heterocycles. The number of carbonyl (C=O) groups excluding carboxylic acids is 1. The number of aryl methyl sites for hydroxylation is 1. The van der Waals surface area contributed by atoms with Crippen LogP contribution >= 0.6 is 0 Å². The van der Waals surface area contributed by atoms with Crippen molar-refractivity contribution in [3.63, 3.8) is 0 Å². The number of amides is 1. The predicted molar refractivity (Wildman–Crippen MR) is 119 cm³/mol. The number of H-pyrrole nitrogens is 1. The van der Waals surface area contributed by atoms with E-state index in [0.29, 0.717) is 11.2 Å². The summed E-state index contributed by atoms with van der Waals surface area (Å²) in [6, 6.07) is 11.3. The normalized spacial score (nSPS) is 12.5. The number of nitrogens with zero attached hydrogens (tertiary/aromatic N) is 1. The molecule has 1 aromatic heterocycles. The van der Waals surface area contributed by atoms with Crippen molar-refractivity contribution in [3.05, 3.63) is 70.0 Å². The van der Waals surface area contributed by atoms with Gasteiger partial charge in [-0.05, 0) is 56.2 Å². The zero-order chi connectivity index (χ0) is 22.1. The van der Waals surface area contributed by atoms with Crippen molar-refractivity contribution in [2.24, 2.45) is 0 Å². The van der Waals surface area contributed by atoms with Crippen LogP contribution in [0.1, 0.15) is 36.2 Å². The molecular weight excluding hydrogens is 402 g/mol. The van der Waals surface area contributed by atoms with Crippen molar-refractivity contribution < 1.29 is 13.2 Å². The molecule has 2 aromatic carbocycles. The highest BCUT2D eigenvalue weighted by Crippen LogP contribution is 2.24. The fourth-order valence-electron chi connectivity index (χ4n) is 3.05. The maximum Gasteiger partial charge on any atom is 0.264 e. The molecule has 0 spiro atoms. The van der Waals surface area contributed by atoms with E-state index in [-0.39, 0.29) is 21.9 Å².